The lowest BCUT2D eigenvalue weighted by molar-refractivity contribution is 0.189. The van der Waals surface area contributed by atoms with Crippen LogP contribution in [0.15, 0.2) is 0 Å². The van der Waals surface area contributed by atoms with Gasteiger partial charge >= 0.3 is 6.09 Å². The summed E-state index contributed by atoms with van der Waals surface area (Å²) in [7, 11) is 0. The van der Waals surface area contributed by atoms with E-state index in [1.165, 1.54) is 6.42 Å². The molecule has 13 heavy (non-hydrogen) atoms. The minimum Gasteiger partial charge on any atom is -0.465 e. The van der Waals surface area contributed by atoms with Crippen molar-refractivity contribution >= 4 is 6.09 Å². The van der Waals surface area contributed by atoms with Crippen molar-refractivity contribution < 1.29 is 9.90 Å². The summed E-state index contributed by atoms with van der Waals surface area (Å²) >= 11 is 0. The molecule has 2 fully saturated rings. The molecule has 1 saturated carbocycles. The number of fused-ring (bicyclic) bond motifs is 1. The Morgan fingerprint density at radius 2 is 2.15 bits per heavy atom. The molecule has 1 aliphatic carbocycles. The smallest absolute Gasteiger partial charge is 0.404 e. The Morgan fingerprint density at radius 3 is 2.85 bits per heavy atom. The highest BCUT2D eigenvalue weighted by atomic mass is 16.4. The highest BCUT2D eigenvalue weighted by Crippen LogP contribution is 2.35. The maximum Gasteiger partial charge on any atom is 0.404 e. The Balaban J connectivity index is 1.87. The summed E-state index contributed by atoms with van der Waals surface area (Å²) in [6.45, 7) is 2.17. The van der Waals surface area contributed by atoms with Crippen LogP contribution in [0.2, 0.25) is 0 Å². The summed E-state index contributed by atoms with van der Waals surface area (Å²) in [4.78, 5) is 10.4. The van der Waals surface area contributed by atoms with Crippen molar-refractivity contribution in [3.05, 3.63) is 0 Å². The van der Waals surface area contributed by atoms with Gasteiger partial charge in [0.25, 0.3) is 0 Å². The number of carboxylic acid groups (broad SMARTS) is 1. The van der Waals surface area contributed by atoms with Gasteiger partial charge in [-0.05, 0) is 44.2 Å². The molecule has 0 spiro atoms. The molecule has 0 bridgehead atoms. The lowest BCUT2D eigenvalue weighted by Crippen LogP contribution is -2.33. The molecule has 1 heterocycles. The van der Waals surface area contributed by atoms with Gasteiger partial charge in [0.05, 0.1) is 0 Å². The number of rotatable bonds is 1. The zero-order chi connectivity index (χ0) is 9.26. The summed E-state index contributed by atoms with van der Waals surface area (Å²) in [5, 5.41) is 14.5. The summed E-state index contributed by atoms with van der Waals surface area (Å²) in [5.41, 5.74) is 0. The largest absolute Gasteiger partial charge is 0.465 e. The molecule has 1 saturated heterocycles. The maximum atomic E-state index is 10.4. The second-order valence-electron chi connectivity index (χ2n) is 4.13. The molecular weight excluding hydrogens is 168 g/mol. The van der Waals surface area contributed by atoms with E-state index in [4.69, 9.17) is 5.11 Å². The molecule has 2 rings (SSSR count). The number of hydrogen-bond donors (Lipinski definition) is 3. The maximum absolute atomic E-state index is 10.4. The van der Waals surface area contributed by atoms with Crippen molar-refractivity contribution in [2.24, 2.45) is 11.8 Å². The van der Waals surface area contributed by atoms with Gasteiger partial charge in [0.1, 0.15) is 0 Å². The molecule has 1 aliphatic heterocycles. The summed E-state index contributed by atoms with van der Waals surface area (Å²) in [6, 6.07) is 0.201. The SMILES string of the molecule is O=C(O)NC1C[C@H]2CNCC[C@H]2C1. The van der Waals surface area contributed by atoms with Crippen molar-refractivity contribution in [1.29, 1.82) is 0 Å². The van der Waals surface area contributed by atoms with Crippen LogP contribution < -0.4 is 10.6 Å². The minimum atomic E-state index is -0.878. The molecule has 1 amide bonds. The van der Waals surface area contributed by atoms with Crippen molar-refractivity contribution in [1.82, 2.24) is 10.6 Å². The van der Waals surface area contributed by atoms with Crippen LogP contribution in [0, 0.1) is 11.8 Å². The Morgan fingerprint density at radius 1 is 1.38 bits per heavy atom. The molecule has 3 N–H and O–H groups in total. The lowest BCUT2D eigenvalue weighted by atomic mass is 9.90. The third-order valence-corrected chi connectivity index (χ3v) is 3.27. The van der Waals surface area contributed by atoms with Gasteiger partial charge in [-0.3, -0.25) is 0 Å². The average molecular weight is 184 g/mol. The van der Waals surface area contributed by atoms with Crippen LogP contribution in [0.4, 0.5) is 4.79 Å². The molecule has 2 aliphatic rings. The van der Waals surface area contributed by atoms with Crippen molar-refractivity contribution in [2.45, 2.75) is 25.3 Å². The van der Waals surface area contributed by atoms with E-state index < -0.39 is 6.09 Å². The van der Waals surface area contributed by atoms with Crippen LogP contribution in [0.5, 0.6) is 0 Å². The zero-order valence-electron chi connectivity index (χ0n) is 7.62. The highest BCUT2D eigenvalue weighted by molar-refractivity contribution is 5.64. The molecule has 4 heteroatoms. The van der Waals surface area contributed by atoms with Gasteiger partial charge in [-0.15, -0.1) is 0 Å². The predicted molar refractivity (Wildman–Crippen MR) is 48.6 cm³/mol. The van der Waals surface area contributed by atoms with E-state index in [9.17, 15) is 4.79 Å². The Hall–Kier alpha value is -0.770. The Bertz CT molecular complexity index is 194. The van der Waals surface area contributed by atoms with Gasteiger partial charge in [-0.1, -0.05) is 0 Å². The Kier molecular flexibility index (Phi) is 2.40. The molecule has 0 radical (unpaired) electrons. The van der Waals surface area contributed by atoms with Gasteiger partial charge in [0.2, 0.25) is 0 Å². The summed E-state index contributed by atoms with van der Waals surface area (Å²) in [6.07, 6.45) is 2.39. The summed E-state index contributed by atoms with van der Waals surface area (Å²) < 4.78 is 0. The molecule has 3 atom stereocenters. The van der Waals surface area contributed by atoms with Gasteiger partial charge in [-0.2, -0.15) is 0 Å². The number of hydrogen-bond acceptors (Lipinski definition) is 2. The molecule has 1 unspecified atom stereocenters. The summed E-state index contributed by atoms with van der Waals surface area (Å²) in [5.74, 6) is 1.45. The van der Waals surface area contributed by atoms with Crippen LogP contribution in [0.25, 0.3) is 0 Å². The second kappa shape index (κ2) is 3.54. The molecule has 0 aromatic rings. The quantitative estimate of drug-likeness (QED) is 0.560. The van der Waals surface area contributed by atoms with Crippen molar-refractivity contribution in [3.63, 3.8) is 0 Å². The van der Waals surface area contributed by atoms with Crippen LogP contribution in [0.1, 0.15) is 19.3 Å². The standard InChI is InChI=1S/C9H16N2O2/c12-9(13)11-8-3-6-1-2-10-5-7(6)4-8/h6-8,10-11H,1-5H2,(H,12,13)/t6-,7-,8?/m0/s1. The van der Waals surface area contributed by atoms with Crippen LogP contribution in [-0.4, -0.2) is 30.3 Å². The van der Waals surface area contributed by atoms with Crippen LogP contribution >= 0.6 is 0 Å². The van der Waals surface area contributed by atoms with Crippen molar-refractivity contribution in [3.8, 4) is 0 Å². The van der Waals surface area contributed by atoms with E-state index in [0.29, 0.717) is 5.92 Å². The molecular formula is C9H16N2O2. The van der Waals surface area contributed by atoms with Crippen LogP contribution in [0.3, 0.4) is 0 Å². The first-order valence-electron chi connectivity index (χ1n) is 4.96. The van der Waals surface area contributed by atoms with Crippen molar-refractivity contribution in [2.75, 3.05) is 13.1 Å². The fourth-order valence-electron chi connectivity index (χ4n) is 2.68. The monoisotopic (exact) mass is 184 g/mol. The number of piperidine rings is 1. The number of carbonyl (C=O) groups is 1. The van der Waals surface area contributed by atoms with E-state index in [-0.39, 0.29) is 6.04 Å². The zero-order valence-corrected chi connectivity index (χ0v) is 7.62. The minimum absolute atomic E-state index is 0.201. The number of nitrogens with one attached hydrogen (secondary N) is 2. The highest BCUT2D eigenvalue weighted by Gasteiger charge is 2.35. The van der Waals surface area contributed by atoms with Crippen LogP contribution in [-0.2, 0) is 0 Å². The molecule has 4 nitrogen and oxygen atoms in total. The van der Waals surface area contributed by atoms with Gasteiger partial charge in [-0.25, -0.2) is 4.79 Å². The number of amides is 1. The lowest BCUT2D eigenvalue weighted by Gasteiger charge is -2.25. The van der Waals surface area contributed by atoms with E-state index >= 15 is 0 Å². The van der Waals surface area contributed by atoms with E-state index in [1.807, 2.05) is 0 Å². The fourth-order valence-corrected chi connectivity index (χ4v) is 2.68. The topological polar surface area (TPSA) is 61.4 Å². The second-order valence-corrected chi connectivity index (χ2v) is 4.13. The molecule has 0 aromatic carbocycles. The predicted octanol–water partition coefficient (Wildman–Crippen LogP) is 0.642. The first-order chi connectivity index (χ1) is 6.25. The van der Waals surface area contributed by atoms with E-state index in [0.717, 1.165) is 31.8 Å². The van der Waals surface area contributed by atoms with E-state index in [1.54, 1.807) is 0 Å². The normalized spacial score (nSPS) is 38.3. The Labute approximate surface area is 77.7 Å². The van der Waals surface area contributed by atoms with Gasteiger partial charge in [0.15, 0.2) is 0 Å². The van der Waals surface area contributed by atoms with E-state index in [2.05, 4.69) is 10.6 Å². The average Bonchev–Trinajstić information content (AvgIpc) is 2.44. The first-order valence-corrected chi connectivity index (χ1v) is 4.96. The first kappa shape index (κ1) is 8.81. The molecule has 74 valence electrons. The van der Waals surface area contributed by atoms with Gasteiger partial charge < -0.3 is 15.7 Å². The third kappa shape index (κ3) is 1.94. The van der Waals surface area contributed by atoms with Gasteiger partial charge in [0, 0.05) is 6.04 Å². The molecule has 0 aromatic heterocycles. The third-order valence-electron chi connectivity index (χ3n) is 3.27. The fraction of sp³-hybridized carbons (Fsp3) is 0.889.